The van der Waals surface area contributed by atoms with Crippen LogP contribution in [0.15, 0.2) is 22.9 Å². The van der Waals surface area contributed by atoms with Gasteiger partial charge in [0.05, 0.1) is 11.8 Å². The summed E-state index contributed by atoms with van der Waals surface area (Å²) < 4.78 is 5.17. The molecule has 0 aliphatic carbocycles. The Morgan fingerprint density at radius 1 is 1.47 bits per heavy atom. The van der Waals surface area contributed by atoms with E-state index in [1.54, 1.807) is 12.5 Å². The van der Waals surface area contributed by atoms with Gasteiger partial charge in [-0.2, -0.15) is 0 Å². The Morgan fingerprint density at radius 3 is 2.80 bits per heavy atom. The molecule has 4 N–H and O–H groups in total. The molecular formula is C10H12N4O. The number of furan rings is 1. The van der Waals surface area contributed by atoms with Crippen molar-refractivity contribution in [1.29, 1.82) is 0 Å². The molecule has 78 valence electrons. The fraction of sp³-hybridized carbons (Fsp3) is 0.200. The van der Waals surface area contributed by atoms with Gasteiger partial charge in [0.2, 0.25) is 0 Å². The highest BCUT2D eigenvalue weighted by Gasteiger charge is 2.09. The van der Waals surface area contributed by atoms with Crippen molar-refractivity contribution in [3.05, 3.63) is 29.9 Å². The van der Waals surface area contributed by atoms with Crippen molar-refractivity contribution in [3.8, 4) is 11.4 Å². The number of nitrogen functional groups attached to an aromatic ring is 1. The van der Waals surface area contributed by atoms with Gasteiger partial charge in [0.25, 0.3) is 0 Å². The van der Waals surface area contributed by atoms with Gasteiger partial charge in [0.15, 0.2) is 5.82 Å². The Labute approximate surface area is 87.1 Å². The lowest BCUT2D eigenvalue weighted by Gasteiger charge is -2.03. The van der Waals surface area contributed by atoms with Gasteiger partial charge in [-0.05, 0) is 13.0 Å². The number of nitrogens with zero attached hydrogens (tertiary/aromatic N) is 2. The summed E-state index contributed by atoms with van der Waals surface area (Å²) >= 11 is 0. The van der Waals surface area contributed by atoms with Crippen LogP contribution in [0.5, 0.6) is 0 Å². The smallest absolute Gasteiger partial charge is 0.165 e. The first-order chi connectivity index (χ1) is 7.22. The zero-order chi connectivity index (χ0) is 10.8. The van der Waals surface area contributed by atoms with E-state index >= 15 is 0 Å². The van der Waals surface area contributed by atoms with Gasteiger partial charge in [-0.25, -0.2) is 9.97 Å². The number of nitrogens with two attached hydrogens (primary N) is 2. The summed E-state index contributed by atoms with van der Waals surface area (Å²) in [6, 6.07) is 1.81. The molecule has 0 amide bonds. The van der Waals surface area contributed by atoms with E-state index in [1.165, 1.54) is 0 Å². The van der Waals surface area contributed by atoms with E-state index in [0.29, 0.717) is 18.2 Å². The van der Waals surface area contributed by atoms with E-state index in [-0.39, 0.29) is 0 Å². The van der Waals surface area contributed by atoms with Gasteiger partial charge in [0.1, 0.15) is 11.6 Å². The van der Waals surface area contributed by atoms with Gasteiger partial charge < -0.3 is 15.9 Å². The Balaban J connectivity index is 2.47. The van der Waals surface area contributed by atoms with Crippen LogP contribution in [0.25, 0.3) is 11.4 Å². The van der Waals surface area contributed by atoms with Crippen LogP contribution in [0.4, 0.5) is 5.82 Å². The normalized spacial score (nSPS) is 10.5. The van der Waals surface area contributed by atoms with Gasteiger partial charge >= 0.3 is 0 Å². The molecule has 0 aromatic carbocycles. The van der Waals surface area contributed by atoms with E-state index in [2.05, 4.69) is 9.97 Å². The summed E-state index contributed by atoms with van der Waals surface area (Å²) in [5.41, 5.74) is 12.8. The Morgan fingerprint density at radius 2 is 2.27 bits per heavy atom. The number of rotatable bonds is 2. The lowest BCUT2D eigenvalue weighted by molar-refractivity contribution is 0.535. The van der Waals surface area contributed by atoms with Crippen molar-refractivity contribution in [1.82, 2.24) is 9.97 Å². The predicted molar refractivity (Wildman–Crippen MR) is 56.8 cm³/mol. The average Bonchev–Trinajstić information content (AvgIpc) is 2.64. The van der Waals surface area contributed by atoms with Crippen molar-refractivity contribution in [2.24, 2.45) is 5.73 Å². The van der Waals surface area contributed by atoms with Gasteiger partial charge in [0, 0.05) is 18.3 Å². The molecule has 0 spiro atoms. The van der Waals surface area contributed by atoms with E-state index in [4.69, 9.17) is 15.9 Å². The van der Waals surface area contributed by atoms with Gasteiger partial charge in [-0.15, -0.1) is 0 Å². The molecular weight excluding hydrogens is 192 g/mol. The minimum Gasteiger partial charge on any atom is -0.469 e. The predicted octanol–water partition coefficient (Wildman–Crippen LogP) is 1.09. The second-order valence-electron chi connectivity index (χ2n) is 3.20. The van der Waals surface area contributed by atoms with Crippen LogP contribution < -0.4 is 11.5 Å². The molecule has 5 nitrogen and oxygen atoms in total. The average molecular weight is 204 g/mol. The monoisotopic (exact) mass is 204 g/mol. The molecule has 2 rings (SSSR count). The molecule has 15 heavy (non-hydrogen) atoms. The maximum absolute atomic E-state index is 5.73. The molecule has 0 aliphatic rings. The largest absolute Gasteiger partial charge is 0.469 e. The molecule has 0 fully saturated rings. The molecule has 0 radical (unpaired) electrons. The van der Waals surface area contributed by atoms with Gasteiger partial charge in [-0.1, -0.05) is 0 Å². The van der Waals surface area contributed by atoms with E-state index in [9.17, 15) is 0 Å². The first-order valence-corrected chi connectivity index (χ1v) is 4.58. The van der Waals surface area contributed by atoms with Crippen LogP contribution in [0.1, 0.15) is 11.3 Å². The SMILES string of the molecule is Cc1occc1-c1ncc(CN)c(N)n1. The third-order valence-electron chi connectivity index (χ3n) is 2.22. The highest BCUT2D eigenvalue weighted by molar-refractivity contribution is 5.59. The molecule has 0 saturated heterocycles. The second-order valence-corrected chi connectivity index (χ2v) is 3.20. The van der Waals surface area contributed by atoms with Crippen molar-refractivity contribution in [2.45, 2.75) is 13.5 Å². The maximum Gasteiger partial charge on any atom is 0.165 e. The maximum atomic E-state index is 5.73. The zero-order valence-corrected chi connectivity index (χ0v) is 8.40. The van der Waals surface area contributed by atoms with E-state index < -0.39 is 0 Å². The van der Waals surface area contributed by atoms with Crippen LogP contribution in [-0.4, -0.2) is 9.97 Å². The number of aryl methyl sites for hydroxylation is 1. The van der Waals surface area contributed by atoms with Crippen molar-refractivity contribution >= 4 is 5.82 Å². The first-order valence-electron chi connectivity index (χ1n) is 4.58. The topological polar surface area (TPSA) is 91.0 Å². The van der Waals surface area contributed by atoms with Gasteiger partial charge in [-0.3, -0.25) is 0 Å². The summed E-state index contributed by atoms with van der Waals surface area (Å²) in [6.45, 7) is 2.20. The molecule has 2 aromatic rings. The van der Waals surface area contributed by atoms with E-state index in [0.717, 1.165) is 16.9 Å². The van der Waals surface area contributed by atoms with Crippen LogP contribution in [-0.2, 0) is 6.54 Å². The molecule has 0 bridgehead atoms. The second kappa shape index (κ2) is 3.70. The van der Waals surface area contributed by atoms with Crippen molar-refractivity contribution in [2.75, 3.05) is 5.73 Å². The zero-order valence-electron chi connectivity index (χ0n) is 8.40. The fourth-order valence-corrected chi connectivity index (χ4v) is 1.32. The minimum atomic E-state index is 0.344. The lowest BCUT2D eigenvalue weighted by atomic mass is 10.2. The van der Waals surface area contributed by atoms with Crippen LogP contribution in [0.2, 0.25) is 0 Å². The molecule has 0 saturated carbocycles. The minimum absolute atomic E-state index is 0.344. The standard InChI is InChI=1S/C10H12N4O/c1-6-8(2-3-15-6)10-13-5-7(4-11)9(12)14-10/h2-3,5H,4,11H2,1H3,(H2,12,13,14). The number of hydrogen-bond donors (Lipinski definition) is 2. The first kappa shape index (κ1) is 9.67. The molecule has 0 atom stereocenters. The molecule has 5 heteroatoms. The Hall–Kier alpha value is -1.88. The Bertz CT molecular complexity index is 478. The number of hydrogen-bond acceptors (Lipinski definition) is 5. The number of aromatic nitrogens is 2. The third-order valence-corrected chi connectivity index (χ3v) is 2.22. The van der Waals surface area contributed by atoms with Crippen LogP contribution in [0, 0.1) is 6.92 Å². The van der Waals surface area contributed by atoms with E-state index in [1.807, 2.05) is 13.0 Å². The molecule has 0 aliphatic heterocycles. The highest BCUT2D eigenvalue weighted by Crippen LogP contribution is 2.21. The van der Waals surface area contributed by atoms with Crippen LogP contribution in [0.3, 0.4) is 0 Å². The third kappa shape index (κ3) is 1.69. The fourth-order valence-electron chi connectivity index (χ4n) is 1.32. The Kier molecular flexibility index (Phi) is 2.39. The number of anilines is 1. The quantitative estimate of drug-likeness (QED) is 0.763. The summed E-state index contributed by atoms with van der Waals surface area (Å²) in [5, 5.41) is 0. The summed E-state index contributed by atoms with van der Waals surface area (Å²) in [7, 11) is 0. The van der Waals surface area contributed by atoms with Crippen molar-refractivity contribution in [3.63, 3.8) is 0 Å². The molecule has 2 aromatic heterocycles. The highest BCUT2D eigenvalue weighted by atomic mass is 16.3. The molecule has 2 heterocycles. The summed E-state index contributed by atoms with van der Waals surface area (Å²) in [5.74, 6) is 1.76. The van der Waals surface area contributed by atoms with Crippen molar-refractivity contribution < 1.29 is 4.42 Å². The molecule has 0 unspecified atom stereocenters. The summed E-state index contributed by atoms with van der Waals surface area (Å²) in [4.78, 5) is 8.36. The lowest BCUT2D eigenvalue weighted by Crippen LogP contribution is -2.05. The summed E-state index contributed by atoms with van der Waals surface area (Å²) in [6.07, 6.45) is 3.24. The van der Waals surface area contributed by atoms with Crippen LogP contribution >= 0.6 is 0 Å².